The van der Waals surface area contributed by atoms with Gasteiger partial charge in [0, 0.05) is 6.61 Å². The minimum atomic E-state index is -4.67. The van der Waals surface area contributed by atoms with Crippen LogP contribution in [0.15, 0.2) is 0 Å². The molecule has 0 aromatic carbocycles. The van der Waals surface area contributed by atoms with Crippen LogP contribution in [0.25, 0.3) is 0 Å². The summed E-state index contributed by atoms with van der Waals surface area (Å²) in [6.07, 6.45) is 19.2. The molecular weight excluding hydrogens is 343 g/mol. The first kappa shape index (κ1) is 29.2. The topological polar surface area (TPSA) is 94.8 Å². The molecule has 0 aliphatic carbocycles. The summed E-state index contributed by atoms with van der Waals surface area (Å²) in [6.45, 7) is 2.65. The van der Waals surface area contributed by atoms with Gasteiger partial charge in [-0.05, 0) is 6.42 Å². The monoisotopic (exact) mass is 380 g/mol. The standard InChI is InChI=1S/C16H34O.K.H2O4S.H/c1-2-3-4-5-6-7-8-9-10-11-12-13-14-15-16-17;;1-5(2,3)4;/h17H,2-16H2,1H3;;(H2,1,2,3,4);. The number of unbranched alkanes of at least 4 members (excludes halogenated alkanes) is 13. The SMILES string of the molecule is CCCCCCCCCCCCCCCCO.O=S(=O)(O)O.[KH]. The maximum absolute atomic E-state index is 8.74. The predicted octanol–water partition coefficient (Wildman–Crippen LogP) is 4.16. The quantitative estimate of drug-likeness (QED) is 0.239. The van der Waals surface area contributed by atoms with Crippen LogP contribution < -0.4 is 0 Å². The van der Waals surface area contributed by atoms with Crippen molar-refractivity contribution in [1.82, 2.24) is 0 Å². The number of rotatable bonds is 14. The van der Waals surface area contributed by atoms with Crippen molar-refractivity contribution in [3.8, 4) is 0 Å². The van der Waals surface area contributed by atoms with Crippen molar-refractivity contribution in [3.63, 3.8) is 0 Å². The van der Waals surface area contributed by atoms with Crippen LogP contribution in [0.2, 0.25) is 0 Å². The molecule has 0 rings (SSSR count). The molecule has 0 heterocycles. The molecule has 0 atom stereocenters. The van der Waals surface area contributed by atoms with Gasteiger partial charge in [-0.2, -0.15) is 8.42 Å². The zero-order valence-electron chi connectivity index (χ0n) is 14.2. The first-order chi connectivity index (χ1) is 10.4. The average Bonchev–Trinajstić information content (AvgIpc) is 2.42. The fourth-order valence-corrected chi connectivity index (χ4v) is 2.31. The van der Waals surface area contributed by atoms with Crippen LogP contribution in [0, 0.1) is 0 Å². The molecule has 138 valence electrons. The second-order valence-electron chi connectivity index (χ2n) is 5.77. The molecule has 0 aromatic heterocycles. The third-order valence-electron chi connectivity index (χ3n) is 3.51. The van der Waals surface area contributed by atoms with Crippen LogP contribution >= 0.6 is 0 Å². The molecule has 0 fully saturated rings. The Morgan fingerprint density at radius 3 is 1.04 bits per heavy atom. The molecule has 0 saturated heterocycles. The summed E-state index contributed by atoms with van der Waals surface area (Å²) in [6, 6.07) is 0. The number of aliphatic hydroxyl groups excluding tert-OH is 1. The second-order valence-corrected chi connectivity index (χ2v) is 6.66. The van der Waals surface area contributed by atoms with Crippen LogP contribution in [0.4, 0.5) is 0 Å². The summed E-state index contributed by atoms with van der Waals surface area (Å²) in [5, 5.41) is 8.64. The van der Waals surface area contributed by atoms with Gasteiger partial charge in [-0.1, -0.05) is 90.4 Å². The Morgan fingerprint density at radius 2 is 0.826 bits per heavy atom. The molecule has 0 spiro atoms. The van der Waals surface area contributed by atoms with Gasteiger partial charge in [0.25, 0.3) is 0 Å². The minimum absolute atomic E-state index is 0. The summed E-state index contributed by atoms with van der Waals surface area (Å²) in [5.41, 5.74) is 0. The number of aliphatic hydroxyl groups is 1. The molecule has 0 saturated carbocycles. The van der Waals surface area contributed by atoms with E-state index in [0.717, 1.165) is 6.42 Å². The first-order valence-electron chi connectivity index (χ1n) is 8.72. The molecule has 0 aliphatic rings. The van der Waals surface area contributed by atoms with E-state index < -0.39 is 10.4 Å². The van der Waals surface area contributed by atoms with Gasteiger partial charge < -0.3 is 5.11 Å². The molecule has 0 aromatic rings. The van der Waals surface area contributed by atoms with E-state index in [1.54, 1.807) is 0 Å². The number of hydrogen-bond donors (Lipinski definition) is 3. The van der Waals surface area contributed by atoms with Gasteiger partial charge in [0.15, 0.2) is 0 Å². The van der Waals surface area contributed by atoms with E-state index in [-0.39, 0.29) is 51.4 Å². The van der Waals surface area contributed by atoms with Crippen molar-refractivity contribution in [2.45, 2.75) is 96.8 Å². The van der Waals surface area contributed by atoms with Crippen LogP contribution in [-0.2, 0) is 10.4 Å². The van der Waals surface area contributed by atoms with Gasteiger partial charge >= 0.3 is 61.8 Å². The van der Waals surface area contributed by atoms with Crippen molar-refractivity contribution >= 4 is 61.8 Å². The molecule has 7 heteroatoms. The van der Waals surface area contributed by atoms with Crippen LogP contribution in [0.1, 0.15) is 96.8 Å². The maximum atomic E-state index is 8.74. The Balaban J connectivity index is -0.000000578. The Bertz CT molecular complexity index is 275. The van der Waals surface area contributed by atoms with Gasteiger partial charge in [0.2, 0.25) is 0 Å². The summed E-state index contributed by atoms with van der Waals surface area (Å²) < 4.78 is 31.6. The van der Waals surface area contributed by atoms with E-state index in [0.29, 0.717) is 6.61 Å². The molecule has 0 amide bonds. The van der Waals surface area contributed by atoms with E-state index in [2.05, 4.69) is 6.92 Å². The summed E-state index contributed by atoms with van der Waals surface area (Å²) >= 11 is 0. The Hall–Kier alpha value is 1.47. The summed E-state index contributed by atoms with van der Waals surface area (Å²) in [5.74, 6) is 0. The Labute approximate surface area is 186 Å². The summed E-state index contributed by atoms with van der Waals surface area (Å²) in [4.78, 5) is 0. The molecule has 23 heavy (non-hydrogen) atoms. The second kappa shape index (κ2) is 23.5. The van der Waals surface area contributed by atoms with Gasteiger partial charge in [-0.15, -0.1) is 0 Å². The van der Waals surface area contributed by atoms with Crippen molar-refractivity contribution in [2.75, 3.05) is 6.61 Å². The molecule has 0 aliphatic heterocycles. The predicted molar refractivity (Wildman–Crippen MR) is 98.7 cm³/mol. The van der Waals surface area contributed by atoms with E-state index in [1.165, 1.54) is 83.5 Å². The van der Waals surface area contributed by atoms with E-state index in [4.69, 9.17) is 22.6 Å². The number of hydrogen-bond acceptors (Lipinski definition) is 3. The van der Waals surface area contributed by atoms with E-state index in [9.17, 15) is 0 Å². The summed E-state index contributed by atoms with van der Waals surface area (Å²) in [7, 11) is -4.67. The molecule has 0 unspecified atom stereocenters. The van der Waals surface area contributed by atoms with Gasteiger partial charge in [0.05, 0.1) is 0 Å². The van der Waals surface area contributed by atoms with Gasteiger partial charge in [0.1, 0.15) is 0 Å². The van der Waals surface area contributed by atoms with Crippen LogP contribution in [-0.4, -0.2) is 80.6 Å². The molecule has 0 bridgehead atoms. The van der Waals surface area contributed by atoms with Gasteiger partial charge in [-0.25, -0.2) is 0 Å². The fraction of sp³-hybridized carbons (Fsp3) is 1.00. The normalized spacial score (nSPS) is 10.6. The molecule has 0 radical (unpaired) electrons. The van der Waals surface area contributed by atoms with Crippen LogP contribution in [0.3, 0.4) is 0 Å². The van der Waals surface area contributed by atoms with Crippen molar-refractivity contribution in [1.29, 1.82) is 0 Å². The Morgan fingerprint density at radius 1 is 0.609 bits per heavy atom. The zero-order chi connectivity index (χ0) is 17.1. The third kappa shape index (κ3) is 45.2. The van der Waals surface area contributed by atoms with Crippen molar-refractivity contribution in [3.05, 3.63) is 0 Å². The van der Waals surface area contributed by atoms with Gasteiger partial charge in [-0.3, -0.25) is 9.11 Å². The van der Waals surface area contributed by atoms with Crippen molar-refractivity contribution < 1.29 is 22.6 Å². The fourth-order valence-electron chi connectivity index (χ4n) is 2.31. The van der Waals surface area contributed by atoms with Crippen molar-refractivity contribution in [2.24, 2.45) is 0 Å². The van der Waals surface area contributed by atoms with E-state index in [1.807, 2.05) is 0 Å². The third-order valence-corrected chi connectivity index (χ3v) is 3.51. The average molecular weight is 381 g/mol. The molecular formula is C16H37KO5S. The molecule has 3 N–H and O–H groups in total. The van der Waals surface area contributed by atoms with E-state index >= 15 is 0 Å². The van der Waals surface area contributed by atoms with Crippen LogP contribution in [0.5, 0.6) is 0 Å². The molecule has 5 nitrogen and oxygen atoms in total. The zero-order valence-corrected chi connectivity index (χ0v) is 15.0. The Kier molecular flexibility index (Phi) is 29.8. The first-order valence-corrected chi connectivity index (χ1v) is 10.1.